The van der Waals surface area contributed by atoms with Crippen LogP contribution in [-0.4, -0.2) is 78.4 Å². The van der Waals surface area contributed by atoms with Gasteiger partial charge in [-0.2, -0.15) is 0 Å². The average Bonchev–Trinajstić information content (AvgIpc) is 3.10. The van der Waals surface area contributed by atoms with Gasteiger partial charge in [0.2, 0.25) is 0 Å². The standard InChI is InChI=1S/C36H26O15/c1-35(19-7-3-5-17(13-19)27(37)38,21-9-11-23(29(41)42)25(15-21)31(45)46)33(49)51-34(50)36(2,20-8-4-6-18(14-20)28(39)40)22-10-12-24(30(43)44)26(16-22)32(47)48/h3-16H,1-2H3,(H,37,38)(H,39,40)(H,41,42)(H,43,44)(H,45,46)(H,47,48). The van der Waals surface area contributed by atoms with E-state index in [0.717, 1.165) is 62.4 Å². The molecule has 0 bridgehead atoms. The van der Waals surface area contributed by atoms with Crippen LogP contribution in [-0.2, 0) is 25.2 Å². The lowest BCUT2D eigenvalue weighted by molar-refractivity contribution is -0.165. The van der Waals surface area contributed by atoms with Crippen molar-refractivity contribution in [1.29, 1.82) is 0 Å². The van der Waals surface area contributed by atoms with Crippen LogP contribution in [0.4, 0.5) is 0 Å². The third-order valence-electron chi connectivity index (χ3n) is 8.49. The monoisotopic (exact) mass is 698 g/mol. The molecule has 0 aliphatic carbocycles. The fraction of sp³-hybridized carbons (Fsp3) is 0.111. The maximum absolute atomic E-state index is 14.3. The molecule has 0 radical (unpaired) electrons. The van der Waals surface area contributed by atoms with Gasteiger partial charge in [0, 0.05) is 0 Å². The second-order valence-electron chi connectivity index (χ2n) is 11.4. The van der Waals surface area contributed by atoms with Crippen LogP contribution in [0.25, 0.3) is 0 Å². The fourth-order valence-corrected chi connectivity index (χ4v) is 5.46. The number of aromatic carboxylic acids is 6. The summed E-state index contributed by atoms with van der Waals surface area (Å²) in [5.41, 5.74) is -8.66. The number of carboxylic acid groups (broad SMARTS) is 6. The molecule has 0 saturated heterocycles. The lowest BCUT2D eigenvalue weighted by Gasteiger charge is -2.33. The van der Waals surface area contributed by atoms with Gasteiger partial charge < -0.3 is 35.4 Å². The molecule has 4 aromatic carbocycles. The van der Waals surface area contributed by atoms with Gasteiger partial charge in [-0.05, 0) is 84.6 Å². The lowest BCUT2D eigenvalue weighted by atomic mass is 9.73. The molecule has 0 aliphatic heterocycles. The molecule has 0 amide bonds. The molecule has 2 atom stereocenters. The van der Waals surface area contributed by atoms with Crippen molar-refractivity contribution in [3.63, 3.8) is 0 Å². The van der Waals surface area contributed by atoms with Gasteiger partial charge in [0.1, 0.15) is 10.8 Å². The van der Waals surface area contributed by atoms with Crippen LogP contribution in [0.2, 0.25) is 0 Å². The predicted molar refractivity (Wildman–Crippen MR) is 172 cm³/mol. The molecule has 0 fully saturated rings. The van der Waals surface area contributed by atoms with E-state index in [-0.39, 0.29) is 33.4 Å². The second-order valence-corrected chi connectivity index (χ2v) is 11.4. The Hall–Kier alpha value is -7.16. The number of ether oxygens (including phenoxy) is 1. The van der Waals surface area contributed by atoms with Crippen molar-refractivity contribution in [3.05, 3.63) is 141 Å². The predicted octanol–water partition coefficient (Wildman–Crippen LogP) is 4.26. The van der Waals surface area contributed by atoms with Crippen molar-refractivity contribution in [1.82, 2.24) is 0 Å². The number of hydrogen-bond donors (Lipinski definition) is 6. The van der Waals surface area contributed by atoms with Gasteiger partial charge in [-0.15, -0.1) is 0 Å². The highest BCUT2D eigenvalue weighted by atomic mass is 16.6. The van der Waals surface area contributed by atoms with Crippen LogP contribution in [0.3, 0.4) is 0 Å². The molecule has 15 nitrogen and oxygen atoms in total. The van der Waals surface area contributed by atoms with Gasteiger partial charge >= 0.3 is 47.8 Å². The summed E-state index contributed by atoms with van der Waals surface area (Å²) in [4.78, 5) is 100. The first kappa shape index (κ1) is 36.7. The van der Waals surface area contributed by atoms with Gasteiger partial charge in [-0.1, -0.05) is 36.4 Å². The summed E-state index contributed by atoms with van der Waals surface area (Å²) in [5.74, 6) is -12.3. The van der Waals surface area contributed by atoms with E-state index < -0.39 is 80.8 Å². The Morgan fingerprint density at radius 3 is 1.02 bits per heavy atom. The quantitative estimate of drug-likeness (QED) is 0.0891. The Kier molecular flexibility index (Phi) is 9.89. The molecule has 260 valence electrons. The van der Waals surface area contributed by atoms with Gasteiger partial charge in [-0.3, -0.25) is 9.59 Å². The zero-order valence-corrected chi connectivity index (χ0v) is 26.4. The van der Waals surface area contributed by atoms with E-state index in [2.05, 4.69) is 0 Å². The highest BCUT2D eigenvalue weighted by molar-refractivity contribution is 6.05. The van der Waals surface area contributed by atoms with E-state index >= 15 is 0 Å². The maximum atomic E-state index is 14.3. The van der Waals surface area contributed by atoms with Crippen LogP contribution in [0.5, 0.6) is 0 Å². The van der Waals surface area contributed by atoms with Crippen LogP contribution >= 0.6 is 0 Å². The number of rotatable bonds is 12. The van der Waals surface area contributed by atoms with Gasteiger partial charge in [0.25, 0.3) is 0 Å². The Morgan fingerprint density at radius 2 is 0.725 bits per heavy atom. The molecule has 0 heterocycles. The maximum Gasteiger partial charge on any atom is 0.336 e. The number of esters is 2. The van der Waals surface area contributed by atoms with Crippen LogP contribution in [0.1, 0.15) is 98.2 Å². The summed E-state index contributed by atoms with van der Waals surface area (Å²) in [5, 5.41) is 57.9. The van der Waals surface area contributed by atoms with E-state index in [9.17, 15) is 69.0 Å². The van der Waals surface area contributed by atoms with Crippen molar-refractivity contribution < 1.29 is 73.7 Å². The molecule has 0 aromatic heterocycles. The summed E-state index contributed by atoms with van der Waals surface area (Å²) in [6.07, 6.45) is 0. The Labute approximate surface area is 286 Å². The number of carboxylic acids is 6. The van der Waals surface area contributed by atoms with E-state index in [4.69, 9.17) is 4.74 Å². The average molecular weight is 699 g/mol. The van der Waals surface area contributed by atoms with Crippen molar-refractivity contribution in [2.24, 2.45) is 0 Å². The Morgan fingerprint density at radius 1 is 0.412 bits per heavy atom. The van der Waals surface area contributed by atoms with Crippen molar-refractivity contribution in [2.45, 2.75) is 24.7 Å². The molecule has 15 heteroatoms. The smallest absolute Gasteiger partial charge is 0.336 e. The summed E-state index contributed by atoms with van der Waals surface area (Å²) < 4.78 is 5.45. The van der Waals surface area contributed by atoms with Crippen molar-refractivity contribution in [3.8, 4) is 0 Å². The number of carbonyl (C=O) groups excluding carboxylic acids is 2. The molecule has 51 heavy (non-hydrogen) atoms. The van der Waals surface area contributed by atoms with E-state index in [1.165, 1.54) is 36.4 Å². The minimum atomic E-state index is -2.23. The SMILES string of the molecule is CC(C(=O)OC(=O)C(C)(c1cccc(C(=O)O)c1)c1ccc(C(=O)O)c(C(=O)O)c1)(c1cccc(C(=O)O)c1)c1ccc(C(=O)O)c(C(=O)O)c1. The van der Waals surface area contributed by atoms with Crippen LogP contribution < -0.4 is 0 Å². The molecule has 0 aliphatic rings. The Bertz CT molecular complexity index is 2030. The van der Waals surface area contributed by atoms with Gasteiger partial charge in [0.15, 0.2) is 0 Å². The zero-order chi connectivity index (χ0) is 38.0. The van der Waals surface area contributed by atoms with E-state index in [1.807, 2.05) is 0 Å². The van der Waals surface area contributed by atoms with E-state index in [0.29, 0.717) is 0 Å². The highest BCUT2D eigenvalue weighted by Crippen LogP contribution is 2.39. The first-order chi connectivity index (χ1) is 23.8. The molecular formula is C36H26O15. The highest BCUT2D eigenvalue weighted by Gasteiger charge is 2.46. The molecular weight excluding hydrogens is 672 g/mol. The summed E-state index contributed by atoms with van der Waals surface area (Å²) in [6.45, 7) is 2.33. The second kappa shape index (κ2) is 13.8. The van der Waals surface area contributed by atoms with Crippen LogP contribution in [0.15, 0.2) is 84.9 Å². The van der Waals surface area contributed by atoms with Crippen molar-refractivity contribution in [2.75, 3.05) is 0 Å². The lowest BCUT2D eigenvalue weighted by Crippen LogP contribution is -2.43. The molecule has 0 spiro atoms. The molecule has 2 unspecified atom stereocenters. The molecule has 6 N–H and O–H groups in total. The normalized spacial score (nSPS) is 13.1. The fourth-order valence-electron chi connectivity index (χ4n) is 5.46. The van der Waals surface area contributed by atoms with Gasteiger partial charge in [0.05, 0.1) is 33.4 Å². The minimum absolute atomic E-state index is 0.131. The molecule has 4 rings (SSSR count). The zero-order valence-electron chi connectivity index (χ0n) is 26.4. The summed E-state index contributed by atoms with van der Waals surface area (Å²) in [7, 11) is 0. The van der Waals surface area contributed by atoms with E-state index in [1.54, 1.807) is 0 Å². The van der Waals surface area contributed by atoms with Gasteiger partial charge in [-0.25, -0.2) is 28.8 Å². The summed E-state index contributed by atoms with van der Waals surface area (Å²) >= 11 is 0. The first-order valence-corrected chi connectivity index (χ1v) is 14.5. The third-order valence-corrected chi connectivity index (χ3v) is 8.49. The Balaban J connectivity index is 1.98. The minimum Gasteiger partial charge on any atom is -0.478 e. The topological polar surface area (TPSA) is 267 Å². The summed E-state index contributed by atoms with van der Waals surface area (Å²) in [6, 6.07) is 15.2. The first-order valence-electron chi connectivity index (χ1n) is 14.5. The molecule has 4 aromatic rings. The third kappa shape index (κ3) is 6.76. The number of carbonyl (C=O) groups is 8. The number of benzene rings is 4. The number of hydrogen-bond acceptors (Lipinski definition) is 9. The molecule has 0 saturated carbocycles. The largest absolute Gasteiger partial charge is 0.478 e. The van der Waals surface area contributed by atoms with Crippen LogP contribution in [0, 0.1) is 0 Å². The van der Waals surface area contributed by atoms with Crippen molar-refractivity contribution >= 4 is 47.8 Å².